The number of imidazole rings is 2. The Morgan fingerprint density at radius 3 is 3.00 bits per heavy atom. The third-order valence-corrected chi connectivity index (χ3v) is 3.81. The maximum absolute atomic E-state index is 5.92. The van der Waals surface area contributed by atoms with Crippen LogP contribution in [0, 0.1) is 6.92 Å². The molecule has 0 aliphatic rings. The highest BCUT2D eigenvalue weighted by atomic mass is 16.5. The third kappa shape index (κ3) is 2.98. The molecule has 3 rings (SSSR count). The Morgan fingerprint density at radius 1 is 1.32 bits per heavy atom. The van der Waals surface area contributed by atoms with Gasteiger partial charge in [0.25, 0.3) is 0 Å². The van der Waals surface area contributed by atoms with E-state index < -0.39 is 0 Å². The first-order valence-corrected chi connectivity index (χ1v) is 7.87. The van der Waals surface area contributed by atoms with E-state index in [9.17, 15) is 0 Å². The Bertz CT molecular complexity index is 731. The molecule has 0 atom stereocenters. The monoisotopic (exact) mass is 298 g/mol. The summed E-state index contributed by atoms with van der Waals surface area (Å²) in [5.74, 6) is 1.80. The molecule has 3 heterocycles. The van der Waals surface area contributed by atoms with Gasteiger partial charge in [-0.1, -0.05) is 19.8 Å². The van der Waals surface area contributed by atoms with E-state index in [1.165, 1.54) is 12.8 Å². The number of ether oxygens (including phenoxy) is 1. The number of hydrogen-bond donors (Lipinski definition) is 1. The lowest BCUT2D eigenvalue weighted by Crippen LogP contribution is -2.01. The van der Waals surface area contributed by atoms with Crippen LogP contribution in [0.25, 0.3) is 5.65 Å². The summed E-state index contributed by atoms with van der Waals surface area (Å²) >= 11 is 0. The van der Waals surface area contributed by atoms with Crippen LogP contribution < -0.4 is 4.74 Å². The fourth-order valence-electron chi connectivity index (χ4n) is 2.62. The summed E-state index contributed by atoms with van der Waals surface area (Å²) in [7, 11) is 0. The molecule has 5 nitrogen and oxygen atoms in total. The fraction of sp³-hybridized carbons (Fsp3) is 0.412. The Hall–Kier alpha value is -2.30. The lowest BCUT2D eigenvalue weighted by Gasteiger charge is -2.07. The second-order valence-corrected chi connectivity index (χ2v) is 5.48. The summed E-state index contributed by atoms with van der Waals surface area (Å²) in [4.78, 5) is 12.1. The minimum absolute atomic E-state index is 0.735. The maximum Gasteiger partial charge on any atom is 0.180 e. The summed E-state index contributed by atoms with van der Waals surface area (Å²) in [5, 5.41) is 0. The molecule has 116 valence electrons. The maximum atomic E-state index is 5.92. The molecule has 0 aromatic carbocycles. The van der Waals surface area contributed by atoms with Crippen molar-refractivity contribution in [3.63, 3.8) is 0 Å². The van der Waals surface area contributed by atoms with Crippen molar-refractivity contribution < 1.29 is 4.74 Å². The number of H-pyrrole nitrogens is 1. The smallest absolute Gasteiger partial charge is 0.180 e. The zero-order chi connectivity index (χ0) is 15.4. The van der Waals surface area contributed by atoms with Gasteiger partial charge < -0.3 is 14.1 Å². The van der Waals surface area contributed by atoms with Gasteiger partial charge in [0.2, 0.25) is 0 Å². The summed E-state index contributed by atoms with van der Waals surface area (Å²) in [6.07, 6.45) is 9.86. The average Bonchev–Trinajstić information content (AvgIpc) is 3.14. The average molecular weight is 298 g/mol. The molecule has 1 N–H and O–H groups in total. The Kier molecular flexibility index (Phi) is 4.42. The first-order valence-electron chi connectivity index (χ1n) is 7.87. The van der Waals surface area contributed by atoms with Crippen LogP contribution >= 0.6 is 0 Å². The van der Waals surface area contributed by atoms with Crippen molar-refractivity contribution in [2.75, 3.05) is 6.61 Å². The molecule has 3 aromatic rings. The Morgan fingerprint density at radius 2 is 2.23 bits per heavy atom. The molecule has 5 heteroatoms. The SMILES string of the molecule is CCCCCOc1cccn2c(Cc3ncc[nH]3)c(C)nc12. The molecule has 0 amide bonds. The lowest BCUT2D eigenvalue weighted by molar-refractivity contribution is 0.308. The van der Waals surface area contributed by atoms with Crippen LogP contribution in [-0.4, -0.2) is 26.0 Å². The highest BCUT2D eigenvalue weighted by Gasteiger charge is 2.13. The van der Waals surface area contributed by atoms with E-state index in [1.807, 2.05) is 31.5 Å². The number of fused-ring (bicyclic) bond motifs is 1. The van der Waals surface area contributed by atoms with Gasteiger partial charge in [-0.15, -0.1) is 0 Å². The molecule has 0 aliphatic carbocycles. The van der Waals surface area contributed by atoms with Gasteiger partial charge in [-0.3, -0.25) is 0 Å². The highest BCUT2D eigenvalue weighted by molar-refractivity contribution is 5.56. The number of nitrogens with one attached hydrogen (secondary N) is 1. The van der Waals surface area contributed by atoms with Crippen molar-refractivity contribution in [3.8, 4) is 5.75 Å². The normalized spacial score (nSPS) is 11.2. The number of aryl methyl sites for hydroxylation is 1. The van der Waals surface area contributed by atoms with Crippen molar-refractivity contribution in [2.45, 2.75) is 39.5 Å². The molecule has 0 aliphatic heterocycles. The van der Waals surface area contributed by atoms with Crippen molar-refractivity contribution >= 4 is 5.65 Å². The zero-order valence-corrected chi connectivity index (χ0v) is 13.2. The van der Waals surface area contributed by atoms with Gasteiger partial charge in [0, 0.05) is 25.0 Å². The van der Waals surface area contributed by atoms with E-state index in [2.05, 4.69) is 26.3 Å². The zero-order valence-electron chi connectivity index (χ0n) is 13.2. The van der Waals surface area contributed by atoms with Crippen molar-refractivity contribution in [1.82, 2.24) is 19.4 Å². The van der Waals surface area contributed by atoms with E-state index in [1.54, 1.807) is 6.20 Å². The van der Waals surface area contributed by atoms with Gasteiger partial charge in [0.1, 0.15) is 5.82 Å². The van der Waals surface area contributed by atoms with E-state index in [0.717, 1.165) is 48.1 Å². The molecule has 0 radical (unpaired) electrons. The second kappa shape index (κ2) is 6.64. The Balaban J connectivity index is 1.86. The number of rotatable bonds is 7. The van der Waals surface area contributed by atoms with E-state index >= 15 is 0 Å². The van der Waals surface area contributed by atoms with Crippen LogP contribution in [0.3, 0.4) is 0 Å². The van der Waals surface area contributed by atoms with Gasteiger partial charge in [0.15, 0.2) is 11.4 Å². The molecular weight excluding hydrogens is 276 g/mol. The molecule has 22 heavy (non-hydrogen) atoms. The van der Waals surface area contributed by atoms with E-state index in [0.29, 0.717) is 0 Å². The molecule has 0 spiro atoms. The number of unbranched alkanes of at least 4 members (excludes halogenated alkanes) is 2. The van der Waals surface area contributed by atoms with Gasteiger partial charge in [-0.2, -0.15) is 0 Å². The molecule has 0 fully saturated rings. The van der Waals surface area contributed by atoms with Crippen LogP contribution in [0.15, 0.2) is 30.7 Å². The first kappa shape index (κ1) is 14.6. The summed E-state index contributed by atoms with van der Waals surface area (Å²) in [6.45, 7) is 4.97. The quantitative estimate of drug-likeness (QED) is 0.679. The van der Waals surface area contributed by atoms with Gasteiger partial charge >= 0.3 is 0 Å². The lowest BCUT2D eigenvalue weighted by atomic mass is 10.2. The first-order chi connectivity index (χ1) is 10.8. The number of hydrogen-bond acceptors (Lipinski definition) is 3. The van der Waals surface area contributed by atoms with Crippen LogP contribution in [0.4, 0.5) is 0 Å². The minimum Gasteiger partial charge on any atom is -0.490 e. The highest BCUT2D eigenvalue weighted by Crippen LogP contribution is 2.23. The van der Waals surface area contributed by atoms with Crippen LogP contribution in [0.5, 0.6) is 5.75 Å². The second-order valence-electron chi connectivity index (χ2n) is 5.48. The predicted molar refractivity (Wildman–Crippen MR) is 86.3 cm³/mol. The van der Waals surface area contributed by atoms with Crippen LogP contribution in [0.2, 0.25) is 0 Å². The third-order valence-electron chi connectivity index (χ3n) is 3.81. The molecule has 3 aromatic heterocycles. The van der Waals surface area contributed by atoms with Crippen molar-refractivity contribution in [1.29, 1.82) is 0 Å². The van der Waals surface area contributed by atoms with Crippen LogP contribution in [0.1, 0.15) is 43.4 Å². The van der Waals surface area contributed by atoms with Crippen molar-refractivity contribution in [3.05, 3.63) is 47.9 Å². The predicted octanol–water partition coefficient (Wildman–Crippen LogP) is 3.53. The minimum atomic E-state index is 0.735. The largest absolute Gasteiger partial charge is 0.490 e. The van der Waals surface area contributed by atoms with Gasteiger partial charge in [-0.05, 0) is 25.5 Å². The van der Waals surface area contributed by atoms with Crippen LogP contribution in [-0.2, 0) is 6.42 Å². The number of aromatic nitrogens is 4. The summed E-state index contributed by atoms with van der Waals surface area (Å²) in [5.41, 5.74) is 3.04. The van der Waals surface area contributed by atoms with Gasteiger partial charge in [-0.25, -0.2) is 9.97 Å². The van der Waals surface area contributed by atoms with E-state index in [-0.39, 0.29) is 0 Å². The molecule has 0 saturated heterocycles. The molecule has 0 unspecified atom stereocenters. The summed E-state index contributed by atoms with van der Waals surface area (Å²) in [6, 6.07) is 4.00. The van der Waals surface area contributed by atoms with Gasteiger partial charge in [0.05, 0.1) is 18.0 Å². The number of pyridine rings is 1. The topological polar surface area (TPSA) is 55.2 Å². The molecule has 0 bridgehead atoms. The van der Waals surface area contributed by atoms with E-state index in [4.69, 9.17) is 4.74 Å². The molecular formula is C17H22N4O. The fourth-order valence-corrected chi connectivity index (χ4v) is 2.62. The number of nitrogens with zero attached hydrogens (tertiary/aromatic N) is 3. The molecule has 0 saturated carbocycles. The number of aromatic amines is 1. The summed E-state index contributed by atoms with van der Waals surface area (Å²) < 4.78 is 8.02. The Labute approximate surface area is 130 Å². The standard InChI is InChI=1S/C17H22N4O/c1-3-4-5-11-22-15-7-6-10-21-14(13(2)20-17(15)21)12-16-18-8-9-19-16/h6-10H,3-5,11-12H2,1-2H3,(H,18,19). The van der Waals surface area contributed by atoms with Crippen molar-refractivity contribution in [2.24, 2.45) is 0 Å².